The zero-order valence-electron chi connectivity index (χ0n) is 11.7. The van der Waals surface area contributed by atoms with Gasteiger partial charge in [0.15, 0.2) is 0 Å². The van der Waals surface area contributed by atoms with Gasteiger partial charge in [-0.25, -0.2) is 9.97 Å². The van der Waals surface area contributed by atoms with Gasteiger partial charge >= 0.3 is 0 Å². The lowest BCUT2D eigenvalue weighted by molar-refractivity contribution is 0.0737. The van der Waals surface area contributed by atoms with Gasteiger partial charge in [0.25, 0.3) is 0 Å². The van der Waals surface area contributed by atoms with E-state index in [0.29, 0.717) is 16.6 Å². The van der Waals surface area contributed by atoms with E-state index < -0.39 is 0 Å². The Morgan fingerprint density at radius 3 is 2.63 bits per heavy atom. The van der Waals surface area contributed by atoms with E-state index in [-0.39, 0.29) is 5.54 Å². The molecule has 1 heterocycles. The number of nitrogens with one attached hydrogen (secondary N) is 1. The Labute approximate surface area is 119 Å². The Hall–Kier alpha value is -1.27. The lowest BCUT2D eigenvalue weighted by atomic mass is 9.75. The van der Waals surface area contributed by atoms with Crippen LogP contribution >= 0.6 is 12.2 Å². The molecule has 2 rings (SSSR count). The van der Waals surface area contributed by atoms with Crippen molar-refractivity contribution in [3.63, 3.8) is 0 Å². The van der Waals surface area contributed by atoms with Gasteiger partial charge in [-0.05, 0) is 46.3 Å². The van der Waals surface area contributed by atoms with Crippen LogP contribution in [0.2, 0.25) is 0 Å². The van der Waals surface area contributed by atoms with Crippen LogP contribution in [0.25, 0.3) is 0 Å². The van der Waals surface area contributed by atoms with E-state index in [2.05, 4.69) is 34.3 Å². The van der Waals surface area contributed by atoms with E-state index in [1.807, 2.05) is 6.92 Å². The molecule has 0 aromatic carbocycles. The van der Waals surface area contributed by atoms with E-state index >= 15 is 0 Å². The minimum Gasteiger partial charge on any atom is -0.388 e. The molecule has 19 heavy (non-hydrogen) atoms. The average molecular weight is 279 g/mol. The molecule has 3 N–H and O–H groups in total. The van der Waals surface area contributed by atoms with E-state index in [4.69, 9.17) is 18.0 Å². The lowest BCUT2D eigenvalue weighted by Gasteiger charge is -2.47. The molecule has 0 radical (unpaired) electrons. The van der Waals surface area contributed by atoms with Crippen LogP contribution < -0.4 is 11.1 Å². The predicted molar refractivity (Wildman–Crippen MR) is 81.4 cm³/mol. The molecule has 5 nitrogen and oxygen atoms in total. The maximum Gasteiger partial charge on any atom is 0.223 e. The van der Waals surface area contributed by atoms with Crippen molar-refractivity contribution in [3.8, 4) is 0 Å². The molecule has 1 saturated carbocycles. The van der Waals surface area contributed by atoms with E-state index in [1.165, 1.54) is 19.3 Å². The van der Waals surface area contributed by atoms with Crippen LogP contribution in [0.15, 0.2) is 6.07 Å². The first kappa shape index (κ1) is 14.1. The Morgan fingerprint density at radius 1 is 1.47 bits per heavy atom. The van der Waals surface area contributed by atoms with Gasteiger partial charge in [0.05, 0.1) is 0 Å². The van der Waals surface area contributed by atoms with Gasteiger partial charge in [-0.2, -0.15) is 0 Å². The van der Waals surface area contributed by atoms with Crippen molar-refractivity contribution in [1.29, 1.82) is 0 Å². The van der Waals surface area contributed by atoms with Crippen LogP contribution in [0.5, 0.6) is 0 Å². The first-order valence-corrected chi connectivity index (χ1v) is 6.91. The second-order valence-electron chi connectivity index (χ2n) is 5.41. The van der Waals surface area contributed by atoms with Crippen LogP contribution in [0.3, 0.4) is 0 Å². The van der Waals surface area contributed by atoms with Crippen LogP contribution in [-0.4, -0.2) is 46.0 Å². The minimum atomic E-state index is 0.233. The third-order valence-corrected chi connectivity index (χ3v) is 4.12. The molecule has 0 spiro atoms. The third-order valence-electron chi connectivity index (χ3n) is 3.92. The van der Waals surface area contributed by atoms with Crippen LogP contribution in [0.1, 0.15) is 30.7 Å². The summed E-state index contributed by atoms with van der Waals surface area (Å²) in [6.45, 7) is 2.76. The van der Waals surface area contributed by atoms with E-state index in [0.717, 1.165) is 12.2 Å². The molecule has 0 amide bonds. The monoisotopic (exact) mass is 279 g/mol. The SMILES string of the molecule is Cc1cc(C(N)=S)nc(NCC2(N(C)C)CCC2)n1. The summed E-state index contributed by atoms with van der Waals surface area (Å²) in [5.41, 5.74) is 7.35. The maximum atomic E-state index is 5.62. The molecule has 1 aromatic rings. The maximum absolute atomic E-state index is 5.62. The zero-order chi connectivity index (χ0) is 14.0. The van der Waals surface area contributed by atoms with Gasteiger partial charge in [0.1, 0.15) is 10.7 Å². The van der Waals surface area contributed by atoms with Crippen LogP contribution in [0.4, 0.5) is 5.95 Å². The molecular weight excluding hydrogens is 258 g/mol. The number of nitrogens with zero attached hydrogens (tertiary/aromatic N) is 3. The van der Waals surface area contributed by atoms with E-state index in [1.54, 1.807) is 6.07 Å². The fourth-order valence-electron chi connectivity index (χ4n) is 2.38. The molecule has 0 unspecified atom stereocenters. The summed E-state index contributed by atoms with van der Waals surface area (Å²) in [5, 5.41) is 3.33. The van der Waals surface area contributed by atoms with Crippen LogP contribution in [0, 0.1) is 6.92 Å². The smallest absolute Gasteiger partial charge is 0.223 e. The van der Waals surface area contributed by atoms with Crippen molar-refractivity contribution in [2.75, 3.05) is 26.0 Å². The van der Waals surface area contributed by atoms with Gasteiger partial charge in [-0.15, -0.1) is 0 Å². The van der Waals surface area contributed by atoms with Gasteiger partial charge in [0, 0.05) is 17.8 Å². The molecule has 0 saturated heterocycles. The number of thiocarbonyl (C=S) groups is 1. The largest absolute Gasteiger partial charge is 0.388 e. The number of nitrogens with two attached hydrogens (primary N) is 1. The molecule has 1 aliphatic carbocycles. The molecule has 6 heteroatoms. The topological polar surface area (TPSA) is 67.1 Å². The number of anilines is 1. The fourth-order valence-corrected chi connectivity index (χ4v) is 2.49. The molecule has 0 bridgehead atoms. The van der Waals surface area contributed by atoms with Crippen molar-refractivity contribution >= 4 is 23.2 Å². The number of hydrogen-bond acceptors (Lipinski definition) is 5. The summed E-state index contributed by atoms with van der Waals surface area (Å²) >= 11 is 4.97. The summed E-state index contributed by atoms with van der Waals surface area (Å²) in [5.74, 6) is 0.607. The first-order chi connectivity index (χ1) is 8.93. The van der Waals surface area contributed by atoms with Gasteiger partial charge < -0.3 is 16.0 Å². The molecule has 1 aliphatic rings. The molecule has 0 atom stereocenters. The Bertz CT molecular complexity index is 482. The third kappa shape index (κ3) is 3.01. The Kier molecular flexibility index (Phi) is 4.01. The van der Waals surface area contributed by atoms with Gasteiger partial charge in [0.2, 0.25) is 5.95 Å². The lowest BCUT2D eigenvalue weighted by Crippen LogP contribution is -2.54. The van der Waals surface area contributed by atoms with Crippen molar-refractivity contribution in [3.05, 3.63) is 17.5 Å². The second kappa shape index (κ2) is 5.38. The normalized spacial score (nSPS) is 17.1. The number of aryl methyl sites for hydroxylation is 1. The number of aromatic nitrogens is 2. The van der Waals surface area contributed by atoms with Crippen LogP contribution in [-0.2, 0) is 0 Å². The summed E-state index contributed by atoms with van der Waals surface area (Å²) in [6.07, 6.45) is 3.70. The molecule has 1 fully saturated rings. The zero-order valence-corrected chi connectivity index (χ0v) is 12.5. The Morgan fingerprint density at radius 2 is 2.16 bits per heavy atom. The first-order valence-electron chi connectivity index (χ1n) is 6.50. The molecular formula is C13H21N5S. The number of likely N-dealkylation sites (N-methyl/N-ethyl adjacent to an activating group) is 1. The standard InChI is InChI=1S/C13H21N5S/c1-9-7-10(11(14)19)17-12(16-9)15-8-13(18(2)3)5-4-6-13/h7H,4-6,8H2,1-3H3,(H2,14,19)(H,15,16,17). The van der Waals surface area contributed by atoms with Crippen molar-refractivity contribution in [2.24, 2.45) is 5.73 Å². The molecule has 104 valence electrons. The average Bonchev–Trinajstić information content (AvgIpc) is 2.26. The fraction of sp³-hybridized carbons (Fsp3) is 0.615. The Balaban J connectivity index is 2.09. The van der Waals surface area contributed by atoms with Crippen molar-refractivity contribution in [1.82, 2.24) is 14.9 Å². The predicted octanol–water partition coefficient (Wildman–Crippen LogP) is 1.32. The summed E-state index contributed by atoms with van der Waals surface area (Å²) in [4.78, 5) is 11.3. The van der Waals surface area contributed by atoms with Gasteiger partial charge in [-0.3, -0.25) is 0 Å². The van der Waals surface area contributed by atoms with E-state index in [9.17, 15) is 0 Å². The number of rotatable bonds is 5. The molecule has 0 aliphatic heterocycles. The van der Waals surface area contributed by atoms with Crippen molar-refractivity contribution in [2.45, 2.75) is 31.7 Å². The highest BCUT2D eigenvalue weighted by molar-refractivity contribution is 7.80. The van der Waals surface area contributed by atoms with Crippen molar-refractivity contribution < 1.29 is 0 Å². The second-order valence-corrected chi connectivity index (χ2v) is 5.85. The van der Waals surface area contributed by atoms with Gasteiger partial charge in [-0.1, -0.05) is 12.2 Å². The summed E-state index contributed by atoms with van der Waals surface area (Å²) in [6, 6.07) is 1.80. The quantitative estimate of drug-likeness (QED) is 0.792. The molecule has 1 aromatic heterocycles. The summed E-state index contributed by atoms with van der Waals surface area (Å²) in [7, 11) is 4.25. The number of hydrogen-bond donors (Lipinski definition) is 2. The minimum absolute atomic E-state index is 0.233. The highest BCUT2D eigenvalue weighted by Crippen LogP contribution is 2.35. The highest BCUT2D eigenvalue weighted by atomic mass is 32.1. The highest BCUT2D eigenvalue weighted by Gasteiger charge is 2.38. The summed E-state index contributed by atoms with van der Waals surface area (Å²) < 4.78 is 0.